The Morgan fingerprint density at radius 2 is 2.26 bits per heavy atom. The maximum absolute atomic E-state index is 12.6. The van der Waals surface area contributed by atoms with Crippen molar-refractivity contribution in [2.75, 3.05) is 6.61 Å². The fourth-order valence-corrected chi connectivity index (χ4v) is 4.06. The van der Waals surface area contributed by atoms with Gasteiger partial charge in [0.1, 0.15) is 9.88 Å². The lowest BCUT2D eigenvalue weighted by Crippen LogP contribution is -2.43. The highest BCUT2D eigenvalue weighted by Crippen LogP contribution is 2.29. The smallest absolute Gasteiger partial charge is 0.263 e. The van der Waals surface area contributed by atoms with Gasteiger partial charge in [-0.3, -0.25) is 9.48 Å². The van der Waals surface area contributed by atoms with E-state index in [-0.39, 0.29) is 24.5 Å². The van der Waals surface area contributed by atoms with Gasteiger partial charge in [-0.1, -0.05) is 12.8 Å². The average Bonchev–Trinajstić information content (AvgIpc) is 3.13. The first kappa shape index (κ1) is 16.1. The molecule has 1 aliphatic rings. The van der Waals surface area contributed by atoms with E-state index in [9.17, 15) is 9.90 Å². The van der Waals surface area contributed by atoms with Crippen molar-refractivity contribution in [1.29, 1.82) is 0 Å². The molecule has 23 heavy (non-hydrogen) atoms. The zero-order valence-corrected chi connectivity index (χ0v) is 14.3. The SMILES string of the molecule is Cc1nc(-c2cnn(C)c2)sc1C(=O)NC1CCCCC1CO. The Balaban J connectivity index is 1.76. The van der Waals surface area contributed by atoms with Crippen LogP contribution in [0.2, 0.25) is 0 Å². The Morgan fingerprint density at radius 3 is 2.96 bits per heavy atom. The Hall–Kier alpha value is -1.73. The van der Waals surface area contributed by atoms with Crippen molar-refractivity contribution in [2.24, 2.45) is 13.0 Å². The van der Waals surface area contributed by atoms with Gasteiger partial charge < -0.3 is 10.4 Å². The van der Waals surface area contributed by atoms with Crippen LogP contribution >= 0.6 is 11.3 Å². The largest absolute Gasteiger partial charge is 0.396 e. The number of nitrogens with zero attached hydrogens (tertiary/aromatic N) is 3. The van der Waals surface area contributed by atoms with Crippen molar-refractivity contribution in [3.8, 4) is 10.6 Å². The molecule has 7 heteroatoms. The van der Waals surface area contributed by atoms with E-state index >= 15 is 0 Å². The van der Waals surface area contributed by atoms with Gasteiger partial charge in [-0.05, 0) is 19.8 Å². The van der Waals surface area contributed by atoms with Crippen LogP contribution in [-0.4, -0.2) is 38.4 Å². The van der Waals surface area contributed by atoms with Crippen molar-refractivity contribution in [3.63, 3.8) is 0 Å². The molecule has 2 aromatic heterocycles. The molecule has 0 radical (unpaired) electrons. The summed E-state index contributed by atoms with van der Waals surface area (Å²) < 4.78 is 1.72. The molecule has 2 heterocycles. The second-order valence-electron chi connectivity index (χ2n) is 6.14. The monoisotopic (exact) mass is 334 g/mol. The van der Waals surface area contributed by atoms with Crippen LogP contribution in [0.3, 0.4) is 0 Å². The Bertz CT molecular complexity index is 694. The molecule has 1 saturated carbocycles. The molecule has 124 valence electrons. The maximum Gasteiger partial charge on any atom is 0.263 e. The molecular formula is C16H22N4O2S. The standard InChI is InChI=1S/C16H22N4O2S/c1-10-14(23-16(18-10)12-7-17-20(2)8-12)15(22)19-13-6-4-3-5-11(13)9-21/h7-8,11,13,21H,3-6,9H2,1-2H3,(H,19,22). The van der Waals surface area contributed by atoms with Gasteiger partial charge in [0.15, 0.2) is 0 Å². The van der Waals surface area contributed by atoms with Gasteiger partial charge in [0.05, 0.1) is 11.9 Å². The van der Waals surface area contributed by atoms with Crippen molar-refractivity contribution < 1.29 is 9.90 Å². The zero-order chi connectivity index (χ0) is 16.4. The first-order valence-corrected chi connectivity index (χ1v) is 8.78. The molecule has 2 unspecified atom stereocenters. The van der Waals surface area contributed by atoms with Crippen LogP contribution in [0.15, 0.2) is 12.4 Å². The fourth-order valence-electron chi connectivity index (χ4n) is 3.11. The highest BCUT2D eigenvalue weighted by atomic mass is 32.1. The summed E-state index contributed by atoms with van der Waals surface area (Å²) in [6.07, 6.45) is 7.78. The first-order chi connectivity index (χ1) is 11.1. The summed E-state index contributed by atoms with van der Waals surface area (Å²) in [5.41, 5.74) is 1.66. The summed E-state index contributed by atoms with van der Waals surface area (Å²) in [5, 5.41) is 17.5. The topological polar surface area (TPSA) is 80.0 Å². The minimum atomic E-state index is -0.0829. The molecule has 2 N–H and O–H groups in total. The van der Waals surface area contributed by atoms with Gasteiger partial charge >= 0.3 is 0 Å². The van der Waals surface area contributed by atoms with Crippen LogP contribution < -0.4 is 5.32 Å². The number of aliphatic hydroxyl groups excluding tert-OH is 1. The first-order valence-electron chi connectivity index (χ1n) is 7.96. The van der Waals surface area contributed by atoms with Crippen molar-refractivity contribution >= 4 is 17.2 Å². The number of carbonyl (C=O) groups is 1. The number of hydrogen-bond donors (Lipinski definition) is 2. The van der Waals surface area contributed by atoms with Crippen molar-refractivity contribution in [1.82, 2.24) is 20.1 Å². The van der Waals surface area contributed by atoms with Gasteiger partial charge in [0.2, 0.25) is 0 Å². The number of aliphatic hydroxyl groups is 1. The number of hydrogen-bond acceptors (Lipinski definition) is 5. The van der Waals surface area contributed by atoms with Crippen molar-refractivity contribution in [3.05, 3.63) is 23.0 Å². The molecule has 0 saturated heterocycles. The summed E-state index contributed by atoms with van der Waals surface area (Å²) in [6.45, 7) is 1.99. The lowest BCUT2D eigenvalue weighted by Gasteiger charge is -2.30. The van der Waals surface area contributed by atoms with Gasteiger partial charge in [-0.15, -0.1) is 11.3 Å². The van der Waals surface area contributed by atoms with Gasteiger partial charge in [0, 0.05) is 37.4 Å². The molecule has 2 atom stereocenters. The Kier molecular flexibility index (Phi) is 4.77. The third-order valence-corrected chi connectivity index (χ3v) is 5.62. The number of aryl methyl sites for hydroxylation is 2. The summed E-state index contributed by atoms with van der Waals surface area (Å²) in [6, 6.07) is 0.0598. The second kappa shape index (κ2) is 6.80. The number of thiazole rings is 1. The normalized spacial score (nSPS) is 21.3. The third-order valence-electron chi connectivity index (χ3n) is 4.41. The molecule has 6 nitrogen and oxygen atoms in total. The van der Waals surface area contributed by atoms with Crippen LogP contribution in [0.1, 0.15) is 41.0 Å². The van der Waals surface area contributed by atoms with E-state index in [4.69, 9.17) is 0 Å². The highest BCUT2D eigenvalue weighted by molar-refractivity contribution is 7.17. The van der Waals surface area contributed by atoms with E-state index in [1.165, 1.54) is 11.3 Å². The third kappa shape index (κ3) is 3.45. The maximum atomic E-state index is 12.6. The fraction of sp³-hybridized carbons (Fsp3) is 0.562. The summed E-state index contributed by atoms with van der Waals surface area (Å²) in [5.74, 6) is 0.0826. The summed E-state index contributed by atoms with van der Waals surface area (Å²) >= 11 is 1.39. The highest BCUT2D eigenvalue weighted by Gasteiger charge is 2.27. The van der Waals surface area contributed by atoms with E-state index in [2.05, 4.69) is 15.4 Å². The number of carbonyl (C=O) groups excluding carboxylic acids is 1. The van der Waals surface area contributed by atoms with Gasteiger partial charge in [-0.2, -0.15) is 5.10 Å². The predicted molar refractivity (Wildman–Crippen MR) is 89.4 cm³/mol. The second-order valence-corrected chi connectivity index (χ2v) is 7.14. The Morgan fingerprint density at radius 1 is 1.48 bits per heavy atom. The van der Waals surface area contributed by atoms with E-state index < -0.39 is 0 Å². The van der Waals surface area contributed by atoms with Crippen LogP contribution in [0.25, 0.3) is 10.6 Å². The van der Waals surface area contributed by atoms with E-state index in [0.29, 0.717) is 4.88 Å². The average molecular weight is 334 g/mol. The molecule has 0 bridgehead atoms. The zero-order valence-electron chi connectivity index (χ0n) is 13.5. The lowest BCUT2D eigenvalue weighted by molar-refractivity contribution is 0.0876. The Labute approximate surface area is 139 Å². The predicted octanol–water partition coefficient (Wildman–Crippen LogP) is 2.13. The van der Waals surface area contributed by atoms with Crippen LogP contribution in [0.4, 0.5) is 0 Å². The number of rotatable bonds is 4. The summed E-state index contributed by atoms with van der Waals surface area (Å²) in [4.78, 5) is 17.7. The lowest BCUT2D eigenvalue weighted by atomic mass is 9.85. The molecule has 0 spiro atoms. The van der Waals surface area contributed by atoms with Crippen LogP contribution in [-0.2, 0) is 7.05 Å². The molecule has 1 fully saturated rings. The molecule has 0 aliphatic heterocycles. The molecule has 1 aliphatic carbocycles. The van der Waals surface area contributed by atoms with E-state index in [1.807, 2.05) is 20.2 Å². The number of nitrogens with one attached hydrogen (secondary N) is 1. The molecule has 0 aromatic carbocycles. The van der Waals surface area contributed by atoms with Crippen LogP contribution in [0, 0.1) is 12.8 Å². The van der Waals surface area contributed by atoms with Gasteiger partial charge in [0.25, 0.3) is 5.91 Å². The van der Waals surface area contributed by atoms with E-state index in [1.54, 1.807) is 10.9 Å². The van der Waals surface area contributed by atoms with Crippen LogP contribution in [0.5, 0.6) is 0 Å². The van der Waals surface area contributed by atoms with Crippen molar-refractivity contribution in [2.45, 2.75) is 38.6 Å². The molecule has 2 aromatic rings. The van der Waals surface area contributed by atoms with E-state index in [0.717, 1.165) is 41.9 Å². The minimum Gasteiger partial charge on any atom is -0.396 e. The quantitative estimate of drug-likeness (QED) is 0.898. The number of aromatic nitrogens is 3. The molecule has 1 amide bonds. The van der Waals surface area contributed by atoms with Gasteiger partial charge in [-0.25, -0.2) is 4.98 Å². The number of amides is 1. The summed E-state index contributed by atoms with van der Waals surface area (Å²) in [7, 11) is 1.86. The molecule has 3 rings (SSSR count). The minimum absolute atomic E-state index is 0.0598. The molecular weight excluding hydrogens is 312 g/mol.